The Balaban J connectivity index is 1.81. The number of aliphatic carboxylic acids is 1. The summed E-state index contributed by atoms with van der Waals surface area (Å²) in [7, 11) is 0. The molecule has 1 saturated heterocycles. The fraction of sp³-hybridized carbons (Fsp3) is 0.647. The summed E-state index contributed by atoms with van der Waals surface area (Å²) in [6, 6.07) is 1.74. The van der Waals surface area contributed by atoms with E-state index in [0.717, 1.165) is 19.3 Å². The van der Waals surface area contributed by atoms with Crippen molar-refractivity contribution in [3.8, 4) is 0 Å². The number of carbonyl (C=O) groups excluding carboxylic acids is 2. The minimum atomic E-state index is -1.01. The molecule has 2 rings (SSSR count). The number of carboxylic acids is 1. The van der Waals surface area contributed by atoms with Gasteiger partial charge in [0.05, 0.1) is 0 Å². The normalized spacial score (nSPS) is 17.8. The summed E-state index contributed by atoms with van der Waals surface area (Å²) in [5.74, 6) is -1.13. The van der Waals surface area contributed by atoms with Gasteiger partial charge in [0.25, 0.3) is 0 Å². The number of amides is 2. The number of hydrogen-bond acceptors (Lipinski definition) is 4. The average Bonchev–Trinajstić information content (AvgIpc) is 2.95. The van der Waals surface area contributed by atoms with Crippen LogP contribution in [0.15, 0.2) is 18.5 Å². The fourth-order valence-electron chi connectivity index (χ4n) is 3.27. The molecule has 0 saturated carbocycles. The second kappa shape index (κ2) is 9.19. The average molecular weight is 350 g/mol. The van der Waals surface area contributed by atoms with E-state index in [1.54, 1.807) is 6.20 Å². The Morgan fingerprint density at radius 2 is 2.08 bits per heavy atom. The third-order valence-corrected chi connectivity index (χ3v) is 4.54. The van der Waals surface area contributed by atoms with E-state index in [0.29, 0.717) is 32.5 Å². The predicted octanol–water partition coefficient (Wildman–Crippen LogP) is 0.978. The Labute approximate surface area is 147 Å². The second-order valence-corrected chi connectivity index (χ2v) is 6.38. The number of aromatic nitrogens is 2. The predicted molar refractivity (Wildman–Crippen MR) is 90.7 cm³/mol. The molecule has 1 aromatic rings. The molecule has 1 aliphatic rings. The molecular weight excluding hydrogens is 324 g/mol. The van der Waals surface area contributed by atoms with Crippen molar-refractivity contribution in [1.29, 1.82) is 0 Å². The van der Waals surface area contributed by atoms with Gasteiger partial charge in [-0.15, -0.1) is 0 Å². The van der Waals surface area contributed by atoms with Crippen LogP contribution in [0.4, 0.5) is 0 Å². The van der Waals surface area contributed by atoms with Crippen LogP contribution in [0.2, 0.25) is 0 Å². The quantitative estimate of drug-likeness (QED) is 0.791. The zero-order valence-electron chi connectivity index (χ0n) is 14.6. The lowest BCUT2D eigenvalue weighted by atomic mass is 10.1. The van der Waals surface area contributed by atoms with Gasteiger partial charge in [-0.1, -0.05) is 0 Å². The van der Waals surface area contributed by atoms with Crippen molar-refractivity contribution in [3.63, 3.8) is 0 Å². The number of hydrogen-bond donors (Lipinski definition) is 1. The lowest BCUT2D eigenvalue weighted by Gasteiger charge is -2.28. The van der Waals surface area contributed by atoms with Crippen LogP contribution in [0.5, 0.6) is 0 Å². The van der Waals surface area contributed by atoms with E-state index >= 15 is 0 Å². The summed E-state index contributed by atoms with van der Waals surface area (Å²) in [6.07, 6.45) is 6.92. The Bertz CT molecular complexity index is 587. The van der Waals surface area contributed by atoms with Crippen molar-refractivity contribution < 1.29 is 19.5 Å². The van der Waals surface area contributed by atoms with Crippen molar-refractivity contribution in [2.45, 2.75) is 51.6 Å². The van der Waals surface area contributed by atoms with Crippen LogP contribution < -0.4 is 0 Å². The maximum absolute atomic E-state index is 12.4. The maximum atomic E-state index is 12.4. The topological polar surface area (TPSA) is 95.7 Å². The molecule has 138 valence electrons. The Morgan fingerprint density at radius 3 is 2.72 bits per heavy atom. The van der Waals surface area contributed by atoms with Gasteiger partial charge in [0.15, 0.2) is 0 Å². The standard InChI is InChI=1S/C17H26N4O4/c1-14(22)21(13-17(24)25)15-5-2-9-19(12-7-15)16(23)6-3-10-20-11-4-8-18-20/h4,8,11,15H,2-3,5-7,9-10,12-13H2,1H3,(H,24,25). The number of likely N-dealkylation sites (tertiary alicyclic amines) is 1. The first kappa shape index (κ1) is 19.0. The van der Waals surface area contributed by atoms with Gasteiger partial charge in [0.2, 0.25) is 11.8 Å². The van der Waals surface area contributed by atoms with E-state index in [-0.39, 0.29) is 24.4 Å². The first-order chi connectivity index (χ1) is 12.0. The van der Waals surface area contributed by atoms with Gasteiger partial charge in [-0.3, -0.25) is 19.1 Å². The van der Waals surface area contributed by atoms with Gasteiger partial charge in [0, 0.05) is 51.4 Å². The summed E-state index contributed by atoms with van der Waals surface area (Å²) in [5, 5.41) is 13.1. The Hall–Kier alpha value is -2.38. The van der Waals surface area contributed by atoms with Gasteiger partial charge < -0.3 is 14.9 Å². The Kier molecular flexibility index (Phi) is 6.97. The fourth-order valence-corrected chi connectivity index (χ4v) is 3.27. The summed E-state index contributed by atoms with van der Waals surface area (Å²) < 4.78 is 1.81. The van der Waals surface area contributed by atoms with E-state index in [9.17, 15) is 14.4 Å². The molecule has 0 spiro atoms. The Morgan fingerprint density at radius 1 is 1.28 bits per heavy atom. The largest absolute Gasteiger partial charge is 0.480 e. The molecule has 1 aromatic heterocycles. The zero-order valence-corrected chi connectivity index (χ0v) is 14.6. The number of carboxylic acid groups (broad SMARTS) is 1. The molecule has 2 heterocycles. The van der Waals surface area contributed by atoms with Crippen LogP contribution in [-0.4, -0.2) is 68.1 Å². The summed E-state index contributed by atoms with van der Waals surface area (Å²) in [6.45, 7) is 3.06. The molecule has 1 N–H and O–H groups in total. The van der Waals surface area contributed by atoms with E-state index in [1.807, 2.05) is 21.8 Å². The van der Waals surface area contributed by atoms with E-state index in [4.69, 9.17) is 5.11 Å². The monoisotopic (exact) mass is 350 g/mol. The van der Waals surface area contributed by atoms with E-state index in [2.05, 4.69) is 5.10 Å². The van der Waals surface area contributed by atoms with Crippen LogP contribution in [0.25, 0.3) is 0 Å². The van der Waals surface area contributed by atoms with Gasteiger partial charge >= 0.3 is 5.97 Å². The van der Waals surface area contributed by atoms with Crippen molar-refractivity contribution in [2.24, 2.45) is 0 Å². The SMILES string of the molecule is CC(=O)N(CC(=O)O)C1CCCN(C(=O)CCCn2cccn2)CC1. The van der Waals surface area contributed by atoms with Crippen molar-refractivity contribution in [2.75, 3.05) is 19.6 Å². The highest BCUT2D eigenvalue weighted by Gasteiger charge is 2.27. The smallest absolute Gasteiger partial charge is 0.323 e. The minimum Gasteiger partial charge on any atom is -0.480 e. The third kappa shape index (κ3) is 5.88. The molecule has 1 aliphatic heterocycles. The van der Waals surface area contributed by atoms with Gasteiger partial charge in [-0.25, -0.2) is 0 Å². The summed E-state index contributed by atoms with van der Waals surface area (Å²) in [4.78, 5) is 38.3. The minimum absolute atomic E-state index is 0.111. The van der Waals surface area contributed by atoms with Crippen LogP contribution in [0.1, 0.15) is 39.0 Å². The molecule has 8 heteroatoms. The lowest BCUT2D eigenvalue weighted by molar-refractivity contribution is -0.145. The van der Waals surface area contributed by atoms with Gasteiger partial charge in [-0.05, 0) is 31.7 Å². The molecule has 8 nitrogen and oxygen atoms in total. The molecular formula is C17H26N4O4. The molecule has 25 heavy (non-hydrogen) atoms. The highest BCUT2D eigenvalue weighted by Crippen LogP contribution is 2.18. The first-order valence-electron chi connectivity index (χ1n) is 8.71. The second-order valence-electron chi connectivity index (χ2n) is 6.38. The van der Waals surface area contributed by atoms with E-state index in [1.165, 1.54) is 11.8 Å². The maximum Gasteiger partial charge on any atom is 0.323 e. The van der Waals surface area contributed by atoms with Crippen LogP contribution in [-0.2, 0) is 20.9 Å². The molecule has 1 fully saturated rings. The van der Waals surface area contributed by atoms with Gasteiger partial charge in [0.1, 0.15) is 6.54 Å². The van der Waals surface area contributed by atoms with Crippen molar-refractivity contribution in [1.82, 2.24) is 19.6 Å². The third-order valence-electron chi connectivity index (χ3n) is 4.54. The van der Waals surface area contributed by atoms with Crippen molar-refractivity contribution in [3.05, 3.63) is 18.5 Å². The summed E-state index contributed by atoms with van der Waals surface area (Å²) >= 11 is 0. The van der Waals surface area contributed by atoms with Crippen LogP contribution in [0.3, 0.4) is 0 Å². The number of aryl methyl sites for hydroxylation is 1. The number of rotatable bonds is 7. The number of carbonyl (C=O) groups is 3. The van der Waals surface area contributed by atoms with Gasteiger partial charge in [-0.2, -0.15) is 5.10 Å². The van der Waals surface area contributed by atoms with Crippen LogP contribution >= 0.6 is 0 Å². The highest BCUT2D eigenvalue weighted by molar-refractivity contribution is 5.80. The molecule has 1 unspecified atom stereocenters. The van der Waals surface area contributed by atoms with Crippen LogP contribution in [0, 0.1) is 0 Å². The lowest BCUT2D eigenvalue weighted by Crippen LogP contribution is -2.43. The van der Waals surface area contributed by atoms with Crippen molar-refractivity contribution >= 4 is 17.8 Å². The molecule has 0 bridgehead atoms. The highest BCUT2D eigenvalue weighted by atomic mass is 16.4. The summed E-state index contributed by atoms with van der Waals surface area (Å²) in [5.41, 5.74) is 0. The zero-order chi connectivity index (χ0) is 18.2. The number of nitrogens with zero attached hydrogens (tertiary/aromatic N) is 4. The molecule has 2 amide bonds. The molecule has 0 radical (unpaired) electrons. The van der Waals surface area contributed by atoms with E-state index < -0.39 is 5.97 Å². The first-order valence-corrected chi connectivity index (χ1v) is 8.71. The molecule has 0 aliphatic carbocycles. The molecule has 0 aromatic carbocycles. The molecule has 1 atom stereocenters.